The van der Waals surface area contributed by atoms with Crippen LogP contribution in [0.15, 0.2) is 0 Å². The number of carbonyl (C=O) groups excluding carboxylic acids is 1. The van der Waals surface area contributed by atoms with E-state index in [1.54, 1.807) is 20.8 Å². The van der Waals surface area contributed by atoms with Crippen molar-refractivity contribution in [2.45, 2.75) is 44.9 Å². The Hall–Kier alpha value is -1.30. The second kappa shape index (κ2) is 4.69. The number of alkyl carbamates (subject to hydrolysis) is 1. The third-order valence-corrected chi connectivity index (χ3v) is 2.04. The standard InChI is InChI=1S/C10H17NO5/c1-10(2,3)16-9(14)11-7(8(12)13)6-4-5-15-6/h6-7H,4-5H2,1-3H3,(H,11,14)(H,12,13)/t6?,7-/m0/s1. The maximum Gasteiger partial charge on any atom is 0.408 e. The van der Waals surface area contributed by atoms with Gasteiger partial charge in [0.2, 0.25) is 0 Å². The van der Waals surface area contributed by atoms with Crippen molar-refractivity contribution in [3.63, 3.8) is 0 Å². The first kappa shape index (κ1) is 12.8. The Morgan fingerprint density at radius 2 is 2.06 bits per heavy atom. The number of carboxylic acids is 1. The first-order chi connectivity index (χ1) is 7.29. The normalized spacial score (nSPS) is 21.8. The number of amides is 1. The molecule has 2 N–H and O–H groups in total. The van der Waals surface area contributed by atoms with Crippen LogP contribution in [0.1, 0.15) is 27.2 Å². The molecule has 0 saturated carbocycles. The second-order valence-corrected chi connectivity index (χ2v) is 4.66. The van der Waals surface area contributed by atoms with Crippen molar-refractivity contribution in [1.29, 1.82) is 0 Å². The van der Waals surface area contributed by atoms with Crippen LogP contribution in [0.3, 0.4) is 0 Å². The van der Waals surface area contributed by atoms with E-state index in [0.29, 0.717) is 13.0 Å². The van der Waals surface area contributed by atoms with Crippen LogP contribution in [0.5, 0.6) is 0 Å². The summed E-state index contributed by atoms with van der Waals surface area (Å²) in [6.45, 7) is 5.66. The molecule has 1 rings (SSSR count). The zero-order valence-corrected chi connectivity index (χ0v) is 9.65. The van der Waals surface area contributed by atoms with Crippen LogP contribution in [-0.2, 0) is 14.3 Å². The van der Waals surface area contributed by atoms with E-state index >= 15 is 0 Å². The van der Waals surface area contributed by atoms with Crippen molar-refractivity contribution < 1.29 is 24.2 Å². The lowest BCUT2D eigenvalue weighted by molar-refractivity contribution is -0.150. The van der Waals surface area contributed by atoms with Gasteiger partial charge in [0.25, 0.3) is 0 Å². The Balaban J connectivity index is 2.48. The highest BCUT2D eigenvalue weighted by Gasteiger charge is 2.35. The fraction of sp³-hybridized carbons (Fsp3) is 0.800. The molecule has 2 atom stereocenters. The topological polar surface area (TPSA) is 84.9 Å². The first-order valence-electron chi connectivity index (χ1n) is 5.13. The van der Waals surface area contributed by atoms with Crippen molar-refractivity contribution >= 4 is 12.1 Å². The van der Waals surface area contributed by atoms with Crippen LogP contribution in [0, 0.1) is 0 Å². The molecule has 0 aromatic carbocycles. The molecule has 0 aromatic heterocycles. The van der Waals surface area contributed by atoms with E-state index in [4.69, 9.17) is 14.6 Å². The average Bonchev–Trinajstić information content (AvgIpc) is 1.95. The molecule has 1 heterocycles. The first-order valence-corrected chi connectivity index (χ1v) is 5.13. The number of hydrogen-bond donors (Lipinski definition) is 2. The summed E-state index contributed by atoms with van der Waals surface area (Å²) in [4.78, 5) is 22.3. The minimum Gasteiger partial charge on any atom is -0.480 e. The maximum atomic E-state index is 11.4. The number of ether oxygens (including phenoxy) is 2. The highest BCUT2D eigenvalue weighted by molar-refractivity contribution is 5.80. The van der Waals surface area contributed by atoms with E-state index in [1.165, 1.54) is 0 Å². The average molecular weight is 231 g/mol. The molecule has 0 aromatic rings. The zero-order chi connectivity index (χ0) is 12.3. The van der Waals surface area contributed by atoms with Gasteiger partial charge in [0, 0.05) is 6.61 Å². The maximum absolute atomic E-state index is 11.4. The van der Waals surface area contributed by atoms with Gasteiger partial charge in [0.05, 0.1) is 6.10 Å². The number of nitrogens with one attached hydrogen (secondary N) is 1. The Bertz CT molecular complexity index is 279. The molecule has 16 heavy (non-hydrogen) atoms. The van der Waals surface area contributed by atoms with E-state index in [9.17, 15) is 9.59 Å². The third-order valence-electron chi connectivity index (χ3n) is 2.04. The molecule has 1 fully saturated rings. The summed E-state index contributed by atoms with van der Waals surface area (Å²) in [6, 6.07) is -1.04. The van der Waals surface area contributed by atoms with E-state index in [-0.39, 0.29) is 0 Å². The van der Waals surface area contributed by atoms with E-state index in [2.05, 4.69) is 5.32 Å². The molecule has 1 aliphatic heterocycles. The van der Waals surface area contributed by atoms with Crippen molar-refractivity contribution in [2.24, 2.45) is 0 Å². The summed E-state index contributed by atoms with van der Waals surface area (Å²) in [6.07, 6.45) is -0.562. The van der Waals surface area contributed by atoms with Gasteiger partial charge in [-0.05, 0) is 27.2 Å². The summed E-state index contributed by atoms with van der Waals surface area (Å²) < 4.78 is 10.0. The van der Waals surface area contributed by atoms with Crippen LogP contribution < -0.4 is 5.32 Å². The summed E-state index contributed by atoms with van der Waals surface area (Å²) in [5.41, 5.74) is -0.645. The lowest BCUT2D eigenvalue weighted by Crippen LogP contribution is -2.54. The summed E-state index contributed by atoms with van der Waals surface area (Å²) in [5, 5.41) is 11.2. The third kappa shape index (κ3) is 3.69. The van der Waals surface area contributed by atoms with Crippen LogP contribution in [-0.4, -0.2) is 41.5 Å². The lowest BCUT2D eigenvalue weighted by Gasteiger charge is -2.32. The fourth-order valence-electron chi connectivity index (χ4n) is 1.27. The summed E-state index contributed by atoms with van der Waals surface area (Å²) >= 11 is 0. The molecule has 0 bridgehead atoms. The van der Waals surface area contributed by atoms with Gasteiger partial charge in [0.15, 0.2) is 6.04 Å². The monoisotopic (exact) mass is 231 g/mol. The van der Waals surface area contributed by atoms with Gasteiger partial charge in [-0.1, -0.05) is 0 Å². The van der Waals surface area contributed by atoms with Gasteiger partial charge in [0.1, 0.15) is 5.60 Å². The van der Waals surface area contributed by atoms with Gasteiger partial charge >= 0.3 is 12.1 Å². The number of carbonyl (C=O) groups is 2. The van der Waals surface area contributed by atoms with Gasteiger partial charge in [-0.15, -0.1) is 0 Å². The van der Waals surface area contributed by atoms with E-state index < -0.39 is 29.8 Å². The molecule has 6 heteroatoms. The van der Waals surface area contributed by atoms with E-state index in [0.717, 1.165) is 0 Å². The molecular weight excluding hydrogens is 214 g/mol. The number of rotatable bonds is 3. The molecule has 0 radical (unpaired) electrons. The zero-order valence-electron chi connectivity index (χ0n) is 9.65. The highest BCUT2D eigenvalue weighted by atomic mass is 16.6. The number of aliphatic carboxylic acids is 1. The van der Waals surface area contributed by atoms with Crippen molar-refractivity contribution in [1.82, 2.24) is 5.32 Å². The molecule has 1 unspecified atom stereocenters. The molecule has 1 amide bonds. The molecule has 92 valence electrons. The largest absolute Gasteiger partial charge is 0.480 e. The van der Waals surface area contributed by atoms with Crippen molar-refractivity contribution in [2.75, 3.05) is 6.61 Å². The highest BCUT2D eigenvalue weighted by Crippen LogP contribution is 2.16. The van der Waals surface area contributed by atoms with Crippen molar-refractivity contribution in [3.05, 3.63) is 0 Å². The fourth-order valence-corrected chi connectivity index (χ4v) is 1.27. The number of carboxylic acid groups (broad SMARTS) is 1. The van der Waals surface area contributed by atoms with Crippen LogP contribution in [0.4, 0.5) is 4.79 Å². The molecule has 1 aliphatic rings. The Labute approximate surface area is 93.9 Å². The van der Waals surface area contributed by atoms with Crippen molar-refractivity contribution in [3.8, 4) is 0 Å². The molecular formula is C10H17NO5. The molecule has 0 spiro atoms. The Morgan fingerprint density at radius 3 is 2.38 bits per heavy atom. The minimum atomic E-state index is -1.12. The predicted molar refractivity (Wildman–Crippen MR) is 55.2 cm³/mol. The number of hydrogen-bond acceptors (Lipinski definition) is 4. The lowest BCUT2D eigenvalue weighted by atomic mass is 10.0. The molecule has 1 saturated heterocycles. The van der Waals surface area contributed by atoms with Crippen LogP contribution in [0.2, 0.25) is 0 Å². The second-order valence-electron chi connectivity index (χ2n) is 4.66. The Morgan fingerprint density at radius 1 is 1.50 bits per heavy atom. The SMILES string of the molecule is CC(C)(C)OC(=O)N[C@H](C(=O)O)C1CCO1. The van der Waals surface area contributed by atoms with Crippen LogP contribution in [0.25, 0.3) is 0 Å². The van der Waals surface area contributed by atoms with Gasteiger partial charge in [-0.3, -0.25) is 0 Å². The molecule has 0 aliphatic carbocycles. The smallest absolute Gasteiger partial charge is 0.408 e. The van der Waals surface area contributed by atoms with Gasteiger partial charge < -0.3 is 19.9 Å². The van der Waals surface area contributed by atoms with Gasteiger partial charge in [-0.25, -0.2) is 9.59 Å². The summed E-state index contributed by atoms with van der Waals surface area (Å²) in [5.74, 6) is -1.12. The van der Waals surface area contributed by atoms with E-state index in [1.807, 2.05) is 0 Å². The van der Waals surface area contributed by atoms with Gasteiger partial charge in [-0.2, -0.15) is 0 Å². The Kier molecular flexibility index (Phi) is 3.74. The quantitative estimate of drug-likeness (QED) is 0.748. The molecule has 6 nitrogen and oxygen atoms in total. The predicted octanol–water partition coefficient (Wildman–Crippen LogP) is 0.753. The minimum absolute atomic E-state index is 0.454. The van der Waals surface area contributed by atoms with Crippen LogP contribution >= 0.6 is 0 Å². The summed E-state index contributed by atoms with van der Waals surface area (Å²) in [7, 11) is 0.